The molecule has 3 rings (SSSR count). The normalized spacial score (nSPS) is 21.3. The van der Waals surface area contributed by atoms with E-state index >= 15 is 0 Å². The second kappa shape index (κ2) is 6.88. The van der Waals surface area contributed by atoms with Crippen LogP contribution < -0.4 is 5.73 Å². The van der Waals surface area contributed by atoms with E-state index in [1.165, 1.54) is 30.6 Å². The zero-order valence-electron chi connectivity index (χ0n) is 11.1. The fourth-order valence-electron chi connectivity index (χ4n) is 2.41. The van der Waals surface area contributed by atoms with E-state index < -0.39 is 0 Å². The molecule has 0 bridgehead atoms. The first-order valence-corrected chi connectivity index (χ1v) is 7.65. The number of nitrogen functional groups attached to an aromatic ring is 1. The molecular weight excluding hydrogens is 282 g/mol. The molecule has 1 saturated carbocycles. The van der Waals surface area contributed by atoms with Crippen molar-refractivity contribution < 1.29 is 4.74 Å². The van der Waals surface area contributed by atoms with Crippen molar-refractivity contribution in [2.75, 3.05) is 25.4 Å². The minimum absolute atomic E-state index is 0. The zero-order chi connectivity index (χ0) is 12.4. The number of thiazole rings is 1. The molecule has 0 spiro atoms. The van der Waals surface area contributed by atoms with Gasteiger partial charge in [-0.15, -0.1) is 23.7 Å². The van der Waals surface area contributed by atoms with Crippen LogP contribution in [0.5, 0.6) is 0 Å². The first-order valence-electron chi connectivity index (χ1n) is 6.84. The lowest BCUT2D eigenvalue weighted by atomic mass is 10.1. The van der Waals surface area contributed by atoms with Crippen LogP contribution in [0, 0.1) is 5.92 Å². The van der Waals surface area contributed by atoms with E-state index in [1.54, 1.807) is 11.3 Å². The van der Waals surface area contributed by atoms with Crippen molar-refractivity contribution in [3.05, 3.63) is 11.1 Å². The van der Waals surface area contributed by atoms with Gasteiger partial charge in [-0.3, -0.25) is 4.90 Å². The van der Waals surface area contributed by atoms with Crippen LogP contribution in [0.3, 0.4) is 0 Å². The van der Waals surface area contributed by atoms with Crippen molar-refractivity contribution in [2.24, 2.45) is 5.92 Å². The number of piperidine rings is 1. The number of hydrogen-bond acceptors (Lipinski definition) is 5. The van der Waals surface area contributed by atoms with Crippen LogP contribution in [0.15, 0.2) is 6.20 Å². The van der Waals surface area contributed by atoms with Crippen LogP contribution in [-0.2, 0) is 11.3 Å². The van der Waals surface area contributed by atoms with Crippen molar-refractivity contribution in [2.45, 2.75) is 38.3 Å². The summed E-state index contributed by atoms with van der Waals surface area (Å²) in [6.45, 7) is 4.25. The van der Waals surface area contributed by atoms with Crippen LogP contribution in [0.25, 0.3) is 0 Å². The van der Waals surface area contributed by atoms with E-state index in [9.17, 15) is 0 Å². The van der Waals surface area contributed by atoms with Gasteiger partial charge in [0.25, 0.3) is 0 Å². The molecule has 1 aliphatic heterocycles. The molecule has 2 fully saturated rings. The highest BCUT2D eigenvalue weighted by Gasteiger charge is 2.25. The van der Waals surface area contributed by atoms with Crippen molar-refractivity contribution >= 4 is 28.9 Å². The molecule has 0 atom stereocenters. The number of hydrogen-bond donors (Lipinski definition) is 1. The van der Waals surface area contributed by atoms with E-state index in [4.69, 9.17) is 10.5 Å². The van der Waals surface area contributed by atoms with E-state index in [1.807, 2.05) is 6.20 Å². The molecule has 6 heteroatoms. The molecular formula is C13H22ClN3OS. The molecule has 1 aromatic rings. The smallest absolute Gasteiger partial charge is 0.180 e. The fraction of sp³-hybridized carbons (Fsp3) is 0.769. The molecule has 0 amide bonds. The minimum Gasteiger partial charge on any atom is -0.378 e. The fourth-order valence-corrected chi connectivity index (χ4v) is 3.13. The number of nitrogens with two attached hydrogens (primary N) is 1. The maximum atomic E-state index is 5.95. The predicted octanol–water partition coefficient (Wildman–Crippen LogP) is 2.54. The van der Waals surface area contributed by atoms with Gasteiger partial charge in [-0.25, -0.2) is 4.98 Å². The van der Waals surface area contributed by atoms with E-state index in [0.29, 0.717) is 11.2 Å². The molecule has 108 valence electrons. The molecule has 2 aliphatic rings. The number of nitrogens with zero attached hydrogens (tertiary/aromatic N) is 2. The molecule has 1 aliphatic carbocycles. The minimum atomic E-state index is 0. The summed E-state index contributed by atoms with van der Waals surface area (Å²) >= 11 is 1.60. The largest absolute Gasteiger partial charge is 0.378 e. The Morgan fingerprint density at radius 1 is 1.32 bits per heavy atom. The lowest BCUT2D eigenvalue weighted by molar-refractivity contribution is 0.00111. The first-order chi connectivity index (χ1) is 8.79. The molecule has 0 unspecified atom stereocenters. The summed E-state index contributed by atoms with van der Waals surface area (Å²) in [7, 11) is 0. The van der Waals surface area contributed by atoms with Gasteiger partial charge in [0.1, 0.15) is 0 Å². The maximum absolute atomic E-state index is 5.95. The number of aromatic nitrogens is 1. The highest BCUT2D eigenvalue weighted by atomic mass is 35.5. The van der Waals surface area contributed by atoms with Gasteiger partial charge < -0.3 is 10.5 Å². The summed E-state index contributed by atoms with van der Waals surface area (Å²) < 4.78 is 5.95. The predicted molar refractivity (Wildman–Crippen MR) is 80.7 cm³/mol. The third kappa shape index (κ3) is 4.60. The SMILES string of the molecule is Cl.Nc1ncc(CN2CCC(OCC3CC3)CC2)s1. The average molecular weight is 304 g/mol. The van der Waals surface area contributed by atoms with E-state index in [-0.39, 0.29) is 12.4 Å². The molecule has 2 heterocycles. The Morgan fingerprint density at radius 3 is 2.63 bits per heavy atom. The Bertz CT molecular complexity index is 389. The van der Waals surface area contributed by atoms with Crippen LogP contribution in [0.2, 0.25) is 0 Å². The van der Waals surface area contributed by atoms with Crippen LogP contribution in [-0.4, -0.2) is 35.7 Å². The Balaban J connectivity index is 0.00000133. The molecule has 0 aromatic carbocycles. The lowest BCUT2D eigenvalue weighted by Gasteiger charge is -2.31. The Kier molecular flexibility index (Phi) is 5.45. The van der Waals surface area contributed by atoms with Crippen molar-refractivity contribution in [1.82, 2.24) is 9.88 Å². The summed E-state index contributed by atoms with van der Waals surface area (Å²) in [5.74, 6) is 0.878. The van der Waals surface area contributed by atoms with E-state index in [2.05, 4.69) is 9.88 Å². The van der Waals surface area contributed by atoms with Gasteiger partial charge >= 0.3 is 0 Å². The highest BCUT2D eigenvalue weighted by Crippen LogP contribution is 2.30. The Morgan fingerprint density at radius 2 is 2.05 bits per heavy atom. The third-order valence-corrected chi connectivity index (χ3v) is 4.56. The molecule has 0 radical (unpaired) electrons. The van der Waals surface area contributed by atoms with E-state index in [0.717, 1.165) is 32.2 Å². The highest BCUT2D eigenvalue weighted by molar-refractivity contribution is 7.15. The molecule has 1 saturated heterocycles. The molecule has 1 aromatic heterocycles. The number of rotatable bonds is 5. The molecule has 4 nitrogen and oxygen atoms in total. The number of halogens is 1. The standard InChI is InChI=1S/C13H21N3OS.ClH/c14-13-15-7-12(18-13)8-16-5-3-11(4-6-16)17-9-10-1-2-10;/h7,10-11H,1-6,8-9H2,(H2,14,15);1H. The summed E-state index contributed by atoms with van der Waals surface area (Å²) in [6.07, 6.45) is 7.49. The Hall–Kier alpha value is -0.360. The second-order valence-corrected chi connectivity index (χ2v) is 6.56. The Labute approximate surface area is 124 Å². The van der Waals surface area contributed by atoms with Crippen LogP contribution in [0.4, 0.5) is 5.13 Å². The average Bonchev–Trinajstić information content (AvgIpc) is 3.12. The third-order valence-electron chi connectivity index (χ3n) is 3.75. The van der Waals surface area contributed by atoms with Gasteiger partial charge in [0.2, 0.25) is 0 Å². The maximum Gasteiger partial charge on any atom is 0.180 e. The zero-order valence-corrected chi connectivity index (χ0v) is 12.7. The summed E-state index contributed by atoms with van der Waals surface area (Å²) in [5.41, 5.74) is 5.65. The quantitative estimate of drug-likeness (QED) is 0.908. The summed E-state index contributed by atoms with van der Waals surface area (Å²) in [4.78, 5) is 7.84. The molecule has 2 N–H and O–H groups in total. The van der Waals surface area contributed by atoms with Crippen molar-refractivity contribution in [1.29, 1.82) is 0 Å². The van der Waals surface area contributed by atoms with Crippen molar-refractivity contribution in [3.63, 3.8) is 0 Å². The van der Waals surface area contributed by atoms with Gasteiger partial charge in [0, 0.05) is 37.3 Å². The number of ether oxygens (including phenoxy) is 1. The monoisotopic (exact) mass is 303 g/mol. The van der Waals surface area contributed by atoms with Crippen LogP contribution >= 0.6 is 23.7 Å². The number of likely N-dealkylation sites (tertiary alicyclic amines) is 1. The number of anilines is 1. The van der Waals surface area contributed by atoms with Gasteiger partial charge in [-0.2, -0.15) is 0 Å². The van der Waals surface area contributed by atoms with Gasteiger partial charge in [0.15, 0.2) is 5.13 Å². The van der Waals surface area contributed by atoms with Gasteiger partial charge in [-0.1, -0.05) is 0 Å². The van der Waals surface area contributed by atoms with Crippen molar-refractivity contribution in [3.8, 4) is 0 Å². The summed E-state index contributed by atoms with van der Waals surface area (Å²) in [5, 5.41) is 0.674. The topological polar surface area (TPSA) is 51.4 Å². The first kappa shape index (κ1) is 15.0. The second-order valence-electron chi connectivity index (χ2n) is 5.42. The van der Waals surface area contributed by atoms with Gasteiger partial charge in [0.05, 0.1) is 6.10 Å². The molecule has 19 heavy (non-hydrogen) atoms. The lowest BCUT2D eigenvalue weighted by Crippen LogP contribution is -2.36. The van der Waals surface area contributed by atoms with Gasteiger partial charge in [-0.05, 0) is 31.6 Å². The summed E-state index contributed by atoms with van der Waals surface area (Å²) in [6, 6.07) is 0. The van der Waals surface area contributed by atoms with Crippen LogP contribution in [0.1, 0.15) is 30.6 Å².